The molecule has 0 radical (unpaired) electrons. The topological polar surface area (TPSA) is 70.7 Å². The highest BCUT2D eigenvalue weighted by atomic mass is 19.1. The summed E-state index contributed by atoms with van der Waals surface area (Å²) >= 11 is 0. The highest BCUT2D eigenvalue weighted by Crippen LogP contribution is 2.14. The van der Waals surface area contributed by atoms with Crippen LogP contribution in [-0.2, 0) is 4.79 Å². The van der Waals surface area contributed by atoms with Crippen molar-refractivity contribution >= 4 is 17.7 Å². The van der Waals surface area contributed by atoms with E-state index in [9.17, 15) is 14.0 Å². The van der Waals surface area contributed by atoms with Gasteiger partial charge in [0.25, 0.3) is 0 Å². The number of amides is 2. The molecule has 0 heterocycles. The number of rotatable bonds is 8. The third-order valence-corrected chi connectivity index (χ3v) is 4.38. The molecule has 0 fully saturated rings. The standard InChI is InChI=1S/C22H28FN3O3/c1-15(2)20(25-22(28)29-19-8-6-5-7-9-19)21(27)24-16(3)14-26(4)18-12-10-17(23)11-13-18/h5-13,15-16,20H,14H2,1-4H3,(H,24,27)(H,25,28)/t16?,20-/m0/s1. The molecule has 0 aliphatic heterocycles. The van der Waals surface area contributed by atoms with Gasteiger partial charge in [-0.2, -0.15) is 0 Å². The average Bonchev–Trinajstić information content (AvgIpc) is 2.66. The van der Waals surface area contributed by atoms with Crippen LogP contribution in [-0.4, -0.2) is 37.7 Å². The molecule has 2 N–H and O–H groups in total. The summed E-state index contributed by atoms with van der Waals surface area (Å²) in [7, 11) is 1.87. The van der Waals surface area contributed by atoms with Gasteiger partial charge in [-0.1, -0.05) is 32.0 Å². The van der Waals surface area contributed by atoms with E-state index in [0.717, 1.165) is 5.69 Å². The molecule has 2 rings (SSSR count). The summed E-state index contributed by atoms with van der Waals surface area (Å²) < 4.78 is 18.3. The van der Waals surface area contributed by atoms with Crippen molar-refractivity contribution in [2.24, 2.45) is 5.92 Å². The maximum Gasteiger partial charge on any atom is 0.413 e. The number of carbonyl (C=O) groups excluding carboxylic acids is 2. The Morgan fingerprint density at radius 2 is 1.62 bits per heavy atom. The fraction of sp³-hybridized carbons (Fsp3) is 0.364. The van der Waals surface area contributed by atoms with Crippen molar-refractivity contribution in [2.45, 2.75) is 32.9 Å². The van der Waals surface area contributed by atoms with Crippen LogP contribution in [0.15, 0.2) is 54.6 Å². The number of ether oxygens (including phenoxy) is 1. The van der Waals surface area contributed by atoms with Crippen LogP contribution in [0.1, 0.15) is 20.8 Å². The summed E-state index contributed by atoms with van der Waals surface area (Å²) in [6, 6.07) is 13.9. The number of hydrogen-bond acceptors (Lipinski definition) is 4. The van der Waals surface area contributed by atoms with Gasteiger partial charge in [0.2, 0.25) is 5.91 Å². The molecule has 0 bridgehead atoms. The lowest BCUT2D eigenvalue weighted by molar-refractivity contribution is -0.124. The molecule has 0 aromatic heterocycles. The smallest absolute Gasteiger partial charge is 0.410 e. The van der Waals surface area contributed by atoms with Crippen molar-refractivity contribution in [1.82, 2.24) is 10.6 Å². The van der Waals surface area contributed by atoms with E-state index in [4.69, 9.17) is 4.74 Å². The molecule has 29 heavy (non-hydrogen) atoms. The molecule has 0 spiro atoms. The summed E-state index contributed by atoms with van der Waals surface area (Å²) in [6.07, 6.45) is -0.680. The highest BCUT2D eigenvalue weighted by Gasteiger charge is 2.26. The molecule has 2 atom stereocenters. The minimum atomic E-state index is -0.732. The zero-order valence-corrected chi connectivity index (χ0v) is 17.2. The van der Waals surface area contributed by atoms with Crippen molar-refractivity contribution in [1.29, 1.82) is 0 Å². The van der Waals surface area contributed by atoms with E-state index in [1.165, 1.54) is 12.1 Å². The number of nitrogens with zero attached hydrogens (tertiary/aromatic N) is 1. The SMILES string of the molecule is CC(CN(C)c1ccc(F)cc1)NC(=O)[C@@H](NC(=O)Oc1ccccc1)C(C)C. The number of nitrogens with one attached hydrogen (secondary N) is 2. The van der Waals surface area contributed by atoms with Gasteiger partial charge in [0.15, 0.2) is 0 Å². The second-order valence-corrected chi connectivity index (χ2v) is 7.34. The summed E-state index contributed by atoms with van der Waals surface area (Å²) in [5.41, 5.74) is 0.845. The summed E-state index contributed by atoms with van der Waals surface area (Å²) in [5, 5.41) is 5.55. The molecule has 6 nitrogen and oxygen atoms in total. The Morgan fingerprint density at radius 1 is 1.00 bits per heavy atom. The lowest BCUT2D eigenvalue weighted by Gasteiger charge is -2.27. The van der Waals surface area contributed by atoms with Gasteiger partial charge < -0.3 is 20.3 Å². The van der Waals surface area contributed by atoms with E-state index in [1.54, 1.807) is 36.4 Å². The van der Waals surface area contributed by atoms with Crippen LogP contribution in [0.5, 0.6) is 5.75 Å². The number of carbonyl (C=O) groups is 2. The summed E-state index contributed by atoms with van der Waals surface area (Å²) in [6.45, 7) is 6.10. The van der Waals surface area contributed by atoms with E-state index < -0.39 is 12.1 Å². The first-order valence-electron chi connectivity index (χ1n) is 9.56. The Morgan fingerprint density at radius 3 is 2.21 bits per heavy atom. The van der Waals surface area contributed by atoms with E-state index in [0.29, 0.717) is 12.3 Å². The lowest BCUT2D eigenvalue weighted by Crippen LogP contribution is -2.53. The molecule has 0 aliphatic carbocycles. The maximum atomic E-state index is 13.1. The third kappa shape index (κ3) is 7.10. The number of halogens is 1. The van der Waals surface area contributed by atoms with E-state index in [2.05, 4.69) is 10.6 Å². The van der Waals surface area contributed by atoms with Gasteiger partial charge in [-0.3, -0.25) is 4.79 Å². The van der Waals surface area contributed by atoms with E-state index in [1.807, 2.05) is 38.8 Å². The Kier molecular flexibility index (Phi) is 8.00. The first kappa shape index (κ1) is 22.2. The van der Waals surface area contributed by atoms with Crippen molar-refractivity contribution in [3.05, 3.63) is 60.4 Å². The summed E-state index contributed by atoms with van der Waals surface area (Å²) in [4.78, 5) is 26.8. The molecule has 0 aliphatic rings. The first-order chi connectivity index (χ1) is 13.8. The van der Waals surface area contributed by atoms with Gasteiger partial charge in [0.05, 0.1) is 0 Å². The zero-order valence-electron chi connectivity index (χ0n) is 17.2. The third-order valence-electron chi connectivity index (χ3n) is 4.38. The van der Waals surface area contributed by atoms with E-state index in [-0.39, 0.29) is 23.7 Å². The van der Waals surface area contributed by atoms with Crippen LogP contribution in [0.4, 0.5) is 14.9 Å². The van der Waals surface area contributed by atoms with Crippen molar-refractivity contribution in [3.8, 4) is 5.75 Å². The molecule has 156 valence electrons. The average molecular weight is 401 g/mol. The second kappa shape index (κ2) is 10.5. The van der Waals surface area contributed by atoms with Gasteiger partial charge in [0.1, 0.15) is 17.6 Å². The number of anilines is 1. The molecule has 2 amide bonds. The van der Waals surface area contributed by atoms with Crippen molar-refractivity contribution in [3.63, 3.8) is 0 Å². The Bertz CT molecular complexity index is 797. The Hall–Kier alpha value is -3.09. The fourth-order valence-corrected chi connectivity index (χ4v) is 2.88. The normalized spacial score (nSPS) is 12.8. The number of likely N-dealkylation sites (N-methyl/N-ethyl adjacent to an activating group) is 1. The van der Waals surface area contributed by atoms with Crippen LogP contribution in [0.25, 0.3) is 0 Å². The molecular formula is C22H28FN3O3. The highest BCUT2D eigenvalue weighted by molar-refractivity contribution is 5.86. The van der Waals surface area contributed by atoms with Gasteiger partial charge >= 0.3 is 6.09 Å². The summed E-state index contributed by atoms with van der Waals surface area (Å²) in [5.74, 6) is -0.302. The predicted octanol–water partition coefficient (Wildman–Crippen LogP) is 3.58. The number of hydrogen-bond donors (Lipinski definition) is 2. The van der Waals surface area contributed by atoms with Crippen LogP contribution < -0.4 is 20.3 Å². The monoisotopic (exact) mass is 401 g/mol. The lowest BCUT2D eigenvalue weighted by atomic mass is 10.0. The van der Waals surface area contributed by atoms with Gasteiger partial charge in [0, 0.05) is 25.3 Å². The Balaban J connectivity index is 1.90. The first-order valence-corrected chi connectivity index (χ1v) is 9.56. The minimum Gasteiger partial charge on any atom is -0.410 e. The van der Waals surface area contributed by atoms with E-state index >= 15 is 0 Å². The number of benzene rings is 2. The van der Waals surface area contributed by atoms with Crippen LogP contribution in [0.3, 0.4) is 0 Å². The van der Waals surface area contributed by atoms with Gasteiger partial charge in [-0.15, -0.1) is 0 Å². The molecule has 0 saturated carbocycles. The zero-order chi connectivity index (χ0) is 21.4. The molecule has 7 heteroatoms. The molecule has 2 aromatic rings. The Labute approximate surface area is 171 Å². The molecule has 1 unspecified atom stereocenters. The predicted molar refractivity (Wildman–Crippen MR) is 112 cm³/mol. The van der Waals surface area contributed by atoms with Gasteiger partial charge in [-0.25, -0.2) is 9.18 Å². The van der Waals surface area contributed by atoms with Gasteiger partial charge in [-0.05, 0) is 49.2 Å². The second-order valence-electron chi connectivity index (χ2n) is 7.34. The largest absolute Gasteiger partial charge is 0.413 e. The number of para-hydroxylation sites is 1. The van der Waals surface area contributed by atoms with Crippen LogP contribution in [0, 0.1) is 11.7 Å². The van der Waals surface area contributed by atoms with Crippen LogP contribution in [0.2, 0.25) is 0 Å². The quantitative estimate of drug-likeness (QED) is 0.709. The fourth-order valence-electron chi connectivity index (χ4n) is 2.88. The molecule has 0 saturated heterocycles. The van der Waals surface area contributed by atoms with Crippen LogP contribution >= 0.6 is 0 Å². The molecular weight excluding hydrogens is 373 g/mol. The van der Waals surface area contributed by atoms with Crippen molar-refractivity contribution in [2.75, 3.05) is 18.5 Å². The molecule has 2 aromatic carbocycles. The van der Waals surface area contributed by atoms with Crippen molar-refractivity contribution < 1.29 is 18.7 Å². The maximum absolute atomic E-state index is 13.1. The minimum absolute atomic E-state index is 0.125.